The predicted octanol–water partition coefficient (Wildman–Crippen LogP) is 4.00. The van der Waals surface area contributed by atoms with Gasteiger partial charge in [-0.2, -0.15) is 0 Å². The minimum atomic E-state index is -1.01. The monoisotopic (exact) mass is 375 g/mol. The zero-order chi connectivity index (χ0) is 19.0. The van der Waals surface area contributed by atoms with E-state index in [-0.39, 0.29) is 11.7 Å². The van der Waals surface area contributed by atoms with Crippen molar-refractivity contribution in [2.24, 2.45) is 5.41 Å². The molecule has 27 heavy (non-hydrogen) atoms. The first-order valence-electron chi connectivity index (χ1n) is 9.54. The number of nitrogens with one attached hydrogen (secondary N) is 3. The summed E-state index contributed by atoms with van der Waals surface area (Å²) in [5.74, 6) is -3.47. The van der Waals surface area contributed by atoms with Crippen LogP contribution in [0, 0.1) is 17.0 Å². The van der Waals surface area contributed by atoms with Gasteiger partial charge in [-0.15, -0.1) is 0 Å². The Morgan fingerprint density at radius 1 is 1.04 bits per heavy atom. The van der Waals surface area contributed by atoms with Gasteiger partial charge in [0.2, 0.25) is 0 Å². The number of halogens is 2. The molecule has 3 N–H and O–H groups in total. The predicted molar refractivity (Wildman–Crippen MR) is 98.1 cm³/mol. The minimum Gasteiger partial charge on any atom is -0.359 e. The molecule has 2 saturated carbocycles. The second kappa shape index (κ2) is 6.94. The van der Waals surface area contributed by atoms with Gasteiger partial charge in [0.1, 0.15) is 0 Å². The van der Waals surface area contributed by atoms with Crippen LogP contribution in [0.2, 0.25) is 0 Å². The molecule has 0 bridgehead atoms. The Hall–Kier alpha value is -2.44. The van der Waals surface area contributed by atoms with E-state index in [1.165, 1.54) is 38.3 Å². The van der Waals surface area contributed by atoms with E-state index in [4.69, 9.17) is 0 Å². The molecule has 2 aliphatic carbocycles. The van der Waals surface area contributed by atoms with Crippen LogP contribution in [0.15, 0.2) is 18.3 Å². The van der Waals surface area contributed by atoms with Crippen molar-refractivity contribution >= 4 is 28.4 Å². The third-order valence-electron chi connectivity index (χ3n) is 6.13. The highest BCUT2D eigenvalue weighted by Gasteiger charge is 2.40. The van der Waals surface area contributed by atoms with E-state index in [2.05, 4.69) is 15.6 Å². The smallest absolute Gasteiger partial charge is 0.313 e. The first kappa shape index (κ1) is 17.9. The van der Waals surface area contributed by atoms with Crippen LogP contribution in [0.4, 0.5) is 14.5 Å². The second-order valence-corrected chi connectivity index (χ2v) is 7.94. The normalized spacial score (nSPS) is 21.5. The van der Waals surface area contributed by atoms with Gasteiger partial charge in [-0.05, 0) is 43.6 Å². The number of hydrogen-bond donors (Lipinski definition) is 3. The average Bonchev–Trinajstić information content (AvgIpc) is 3.20. The van der Waals surface area contributed by atoms with Crippen LogP contribution in [0.1, 0.15) is 51.4 Å². The molecule has 1 heterocycles. The standard InChI is InChI=1S/C20H23F2N3O2/c21-14-8-13-16(9-15(14)22)23-11-17(13)25-19(27)18(26)24-12-4-7-20(10-12)5-2-1-3-6-20/h8-9,11-12,23H,1-7,10H2,(H,24,26)(H,25,27)/t12-/m0/s1. The molecule has 2 fully saturated rings. The summed E-state index contributed by atoms with van der Waals surface area (Å²) in [6, 6.07) is 2.04. The zero-order valence-corrected chi connectivity index (χ0v) is 15.0. The fourth-order valence-electron chi connectivity index (χ4n) is 4.74. The number of H-pyrrole nitrogens is 1. The molecule has 0 unspecified atom stereocenters. The van der Waals surface area contributed by atoms with Gasteiger partial charge in [0.25, 0.3) is 0 Å². The van der Waals surface area contributed by atoms with Crippen molar-refractivity contribution < 1.29 is 18.4 Å². The van der Waals surface area contributed by atoms with Gasteiger partial charge in [0.05, 0.1) is 11.2 Å². The summed E-state index contributed by atoms with van der Waals surface area (Å²) < 4.78 is 26.7. The SMILES string of the molecule is O=C(Nc1c[nH]c2cc(F)c(F)cc12)C(=O)N[C@H]1CCC2(CCCCC2)C1. The van der Waals surface area contributed by atoms with Crippen molar-refractivity contribution in [3.05, 3.63) is 30.0 Å². The van der Waals surface area contributed by atoms with Gasteiger partial charge in [-0.1, -0.05) is 19.3 Å². The van der Waals surface area contributed by atoms with Gasteiger partial charge in [-0.25, -0.2) is 8.78 Å². The van der Waals surface area contributed by atoms with Crippen LogP contribution < -0.4 is 10.6 Å². The highest BCUT2D eigenvalue weighted by molar-refractivity contribution is 6.40. The third kappa shape index (κ3) is 3.55. The molecule has 1 aromatic carbocycles. The lowest BCUT2D eigenvalue weighted by Gasteiger charge is -2.33. The summed E-state index contributed by atoms with van der Waals surface area (Å²) in [5.41, 5.74) is 0.935. The number of carbonyl (C=O) groups excluding carboxylic acids is 2. The Labute approximate surface area is 155 Å². The summed E-state index contributed by atoms with van der Waals surface area (Å²) in [6.07, 6.45) is 10.6. The van der Waals surface area contributed by atoms with Gasteiger partial charge in [-0.3, -0.25) is 9.59 Å². The number of aromatic nitrogens is 1. The molecule has 1 spiro atoms. The average molecular weight is 375 g/mol. The Kier molecular flexibility index (Phi) is 4.61. The maximum Gasteiger partial charge on any atom is 0.313 e. The number of benzene rings is 1. The molecular formula is C20H23F2N3O2. The Morgan fingerprint density at radius 2 is 1.78 bits per heavy atom. The number of fused-ring (bicyclic) bond motifs is 1. The van der Waals surface area contributed by atoms with Crippen LogP contribution in [0.25, 0.3) is 10.9 Å². The number of rotatable bonds is 2. The summed E-state index contributed by atoms with van der Waals surface area (Å²) >= 11 is 0. The number of carbonyl (C=O) groups is 2. The van der Waals surface area contributed by atoms with E-state index in [0.29, 0.717) is 16.3 Å². The fourth-order valence-corrected chi connectivity index (χ4v) is 4.74. The van der Waals surface area contributed by atoms with E-state index in [0.717, 1.165) is 31.4 Å². The molecule has 0 radical (unpaired) electrons. The highest BCUT2D eigenvalue weighted by Crippen LogP contribution is 2.48. The molecule has 0 saturated heterocycles. The van der Waals surface area contributed by atoms with Crippen LogP contribution in [0.3, 0.4) is 0 Å². The van der Waals surface area contributed by atoms with Gasteiger partial charge in [0.15, 0.2) is 11.6 Å². The summed E-state index contributed by atoms with van der Waals surface area (Å²) in [4.78, 5) is 27.3. The van der Waals surface area contributed by atoms with Crippen molar-refractivity contribution in [2.45, 2.75) is 57.4 Å². The zero-order valence-electron chi connectivity index (χ0n) is 15.0. The van der Waals surface area contributed by atoms with Gasteiger partial charge >= 0.3 is 11.8 Å². The second-order valence-electron chi connectivity index (χ2n) is 7.94. The molecule has 0 aliphatic heterocycles. The lowest BCUT2D eigenvalue weighted by Crippen LogP contribution is -2.41. The third-order valence-corrected chi connectivity index (χ3v) is 6.13. The van der Waals surface area contributed by atoms with Crippen LogP contribution in [0.5, 0.6) is 0 Å². The Balaban J connectivity index is 1.39. The highest BCUT2D eigenvalue weighted by atomic mass is 19.2. The Bertz CT molecular complexity index is 887. The fraction of sp³-hybridized carbons (Fsp3) is 0.500. The largest absolute Gasteiger partial charge is 0.359 e. The minimum absolute atomic E-state index is 0.0239. The first-order valence-corrected chi connectivity index (χ1v) is 9.54. The number of aromatic amines is 1. The molecule has 1 aromatic heterocycles. The van der Waals surface area contributed by atoms with Crippen LogP contribution in [-0.4, -0.2) is 22.8 Å². The van der Waals surface area contributed by atoms with Crippen molar-refractivity contribution in [1.82, 2.24) is 10.3 Å². The van der Waals surface area contributed by atoms with Crippen LogP contribution in [-0.2, 0) is 9.59 Å². The lowest BCUT2D eigenvalue weighted by atomic mass is 9.73. The van der Waals surface area contributed by atoms with E-state index in [1.807, 2.05) is 0 Å². The molecule has 4 rings (SSSR count). The van der Waals surface area contributed by atoms with Gasteiger partial charge < -0.3 is 15.6 Å². The van der Waals surface area contributed by atoms with E-state index in [9.17, 15) is 18.4 Å². The van der Waals surface area contributed by atoms with E-state index >= 15 is 0 Å². The molecule has 2 amide bonds. The number of amides is 2. The summed E-state index contributed by atoms with van der Waals surface area (Å²) in [5, 5.41) is 5.64. The van der Waals surface area contributed by atoms with Crippen LogP contribution >= 0.6 is 0 Å². The number of hydrogen-bond acceptors (Lipinski definition) is 2. The number of anilines is 1. The molecule has 2 aromatic rings. The van der Waals surface area contributed by atoms with Crippen molar-refractivity contribution in [3.63, 3.8) is 0 Å². The molecule has 2 aliphatic rings. The van der Waals surface area contributed by atoms with Crippen molar-refractivity contribution in [2.75, 3.05) is 5.32 Å². The summed E-state index contributed by atoms with van der Waals surface area (Å²) in [6.45, 7) is 0. The molecule has 7 heteroatoms. The topological polar surface area (TPSA) is 74.0 Å². The lowest BCUT2D eigenvalue weighted by molar-refractivity contribution is -0.136. The van der Waals surface area contributed by atoms with E-state index < -0.39 is 23.4 Å². The van der Waals surface area contributed by atoms with Gasteiger partial charge in [0, 0.05) is 23.7 Å². The van der Waals surface area contributed by atoms with Crippen molar-refractivity contribution in [1.29, 1.82) is 0 Å². The first-order chi connectivity index (χ1) is 13.0. The quantitative estimate of drug-likeness (QED) is 0.694. The maximum absolute atomic E-state index is 13.5. The van der Waals surface area contributed by atoms with Crippen molar-refractivity contribution in [3.8, 4) is 0 Å². The molecule has 5 nitrogen and oxygen atoms in total. The molecular weight excluding hydrogens is 352 g/mol. The maximum atomic E-state index is 13.5. The molecule has 144 valence electrons. The summed E-state index contributed by atoms with van der Waals surface area (Å²) in [7, 11) is 0. The molecule has 1 atom stereocenters. The Morgan fingerprint density at radius 3 is 2.56 bits per heavy atom. The van der Waals surface area contributed by atoms with E-state index in [1.54, 1.807) is 0 Å².